The number of hydrogen-bond donors (Lipinski definition) is 2. The van der Waals surface area contributed by atoms with Gasteiger partial charge in [0, 0.05) is 22.6 Å². The maximum Gasteiger partial charge on any atom is 0.229 e. The highest BCUT2D eigenvalue weighted by molar-refractivity contribution is 6.48. The Morgan fingerprint density at radius 1 is 1.03 bits per heavy atom. The van der Waals surface area contributed by atoms with Crippen LogP contribution in [0.1, 0.15) is 30.5 Å². The van der Waals surface area contributed by atoms with E-state index in [1.807, 2.05) is 6.92 Å². The van der Waals surface area contributed by atoms with Crippen molar-refractivity contribution >= 4 is 22.7 Å². The molecule has 2 N–H and O–H groups in total. The van der Waals surface area contributed by atoms with Gasteiger partial charge in [0.15, 0.2) is 23.0 Å². The van der Waals surface area contributed by atoms with Crippen molar-refractivity contribution in [3.05, 3.63) is 88.2 Å². The van der Waals surface area contributed by atoms with E-state index >= 15 is 0 Å². The molecule has 2 aromatic carbocycles. The summed E-state index contributed by atoms with van der Waals surface area (Å²) < 4.78 is 17.2. The number of methoxy groups -OCH3 is 2. The Morgan fingerprint density at radius 2 is 1.73 bits per heavy atom. The highest BCUT2D eigenvalue weighted by atomic mass is 16.5. The van der Waals surface area contributed by atoms with Gasteiger partial charge in [-0.05, 0) is 67.3 Å². The smallest absolute Gasteiger partial charge is 0.229 e. The Morgan fingerprint density at radius 3 is 2.32 bits per heavy atom. The molecule has 0 saturated carbocycles. The number of aliphatic hydroxyl groups is 1. The average molecular weight is 503 g/mol. The number of Topliss-reactive ketones (excluding diaryl/α,β-unsaturated/α-hetero) is 2. The molecular weight excluding hydrogens is 472 g/mol. The van der Waals surface area contributed by atoms with E-state index in [-0.39, 0.29) is 41.7 Å². The Balaban J connectivity index is 1.92. The van der Waals surface area contributed by atoms with Gasteiger partial charge in [0.2, 0.25) is 5.78 Å². The number of ketones is 2. The lowest BCUT2D eigenvalue weighted by Gasteiger charge is -2.34. The third kappa shape index (κ3) is 4.58. The summed E-state index contributed by atoms with van der Waals surface area (Å²) in [4.78, 5) is 28.0. The van der Waals surface area contributed by atoms with Crippen molar-refractivity contribution < 1.29 is 34.0 Å². The Kier molecular flexibility index (Phi) is 7.36. The molecule has 1 unspecified atom stereocenters. The van der Waals surface area contributed by atoms with Crippen LogP contribution in [-0.2, 0) is 20.7 Å². The number of ether oxygens (including phenoxy) is 3. The molecule has 0 bridgehead atoms. The number of fused-ring (bicyclic) bond motifs is 2. The molecule has 7 heteroatoms. The lowest BCUT2D eigenvalue weighted by atomic mass is 9.68. The van der Waals surface area contributed by atoms with Crippen molar-refractivity contribution in [1.82, 2.24) is 0 Å². The van der Waals surface area contributed by atoms with Crippen LogP contribution in [0.3, 0.4) is 0 Å². The number of aromatic hydroxyl groups is 1. The zero-order chi connectivity index (χ0) is 26.9. The van der Waals surface area contributed by atoms with E-state index in [0.717, 1.165) is 16.7 Å². The van der Waals surface area contributed by atoms with Gasteiger partial charge in [-0.1, -0.05) is 24.3 Å². The largest absolute Gasteiger partial charge is 0.508 e. The summed E-state index contributed by atoms with van der Waals surface area (Å²) in [6, 6.07) is 9.59. The first-order valence-electron chi connectivity index (χ1n) is 11.9. The molecule has 0 amide bonds. The number of benzene rings is 2. The van der Waals surface area contributed by atoms with Crippen molar-refractivity contribution in [2.24, 2.45) is 5.92 Å². The van der Waals surface area contributed by atoms with E-state index in [1.54, 1.807) is 37.3 Å². The van der Waals surface area contributed by atoms with Crippen LogP contribution in [0.4, 0.5) is 0 Å². The molecule has 0 saturated heterocycles. The number of rotatable bonds is 8. The summed E-state index contributed by atoms with van der Waals surface area (Å²) in [6.07, 6.45) is 2.16. The number of hydrogen-bond acceptors (Lipinski definition) is 7. The van der Waals surface area contributed by atoms with E-state index in [1.165, 1.54) is 26.4 Å². The molecule has 2 aliphatic carbocycles. The van der Waals surface area contributed by atoms with Crippen molar-refractivity contribution in [3.8, 4) is 17.2 Å². The van der Waals surface area contributed by atoms with Crippen molar-refractivity contribution in [2.45, 2.75) is 20.3 Å². The predicted octanol–water partition coefficient (Wildman–Crippen LogP) is 4.43. The minimum absolute atomic E-state index is 0.0507. The Labute approximate surface area is 216 Å². The molecule has 1 atom stereocenters. The SMILES string of the molecule is C=C(C)C1Cc2c(ccc(OC)c2OC/C=C(\C)CO)C2=C1C(=O)C(c1ccc(O)cc1)=C(OC)C2=O. The molecule has 2 aliphatic rings. The fourth-order valence-electron chi connectivity index (χ4n) is 4.81. The van der Waals surface area contributed by atoms with Gasteiger partial charge in [0.25, 0.3) is 0 Å². The molecule has 0 radical (unpaired) electrons. The van der Waals surface area contributed by atoms with Crippen LogP contribution in [0.2, 0.25) is 0 Å². The van der Waals surface area contributed by atoms with Gasteiger partial charge < -0.3 is 24.4 Å². The van der Waals surface area contributed by atoms with Gasteiger partial charge in [-0.2, -0.15) is 0 Å². The van der Waals surface area contributed by atoms with Gasteiger partial charge in [0.1, 0.15) is 12.4 Å². The number of allylic oxidation sites excluding steroid dienone is 4. The van der Waals surface area contributed by atoms with Gasteiger partial charge in [-0.3, -0.25) is 9.59 Å². The molecule has 37 heavy (non-hydrogen) atoms. The summed E-state index contributed by atoms with van der Waals surface area (Å²) in [5, 5.41) is 19.0. The van der Waals surface area contributed by atoms with Crippen molar-refractivity contribution in [2.75, 3.05) is 27.4 Å². The monoisotopic (exact) mass is 502 g/mol. The Hall–Kier alpha value is -4.10. The highest BCUT2D eigenvalue weighted by Gasteiger charge is 2.44. The number of phenolic OH excluding ortho intramolecular Hbond substituents is 1. The standard InChI is InChI=1S/C30H30O7/c1-16(2)21-14-22-20(10-11-23(35-4)29(22)37-13-12-17(3)15-31)25-26(21)27(33)24(30(36-5)28(25)34)18-6-8-19(32)9-7-18/h6-12,21,31-32H,1,13-15H2,2-5H3/b17-12+. The molecule has 0 spiro atoms. The van der Waals surface area contributed by atoms with E-state index < -0.39 is 11.7 Å². The average Bonchev–Trinajstić information content (AvgIpc) is 2.89. The Bertz CT molecular complexity index is 1370. The van der Waals surface area contributed by atoms with Gasteiger partial charge in [-0.25, -0.2) is 0 Å². The minimum atomic E-state index is -0.436. The second-order valence-electron chi connectivity index (χ2n) is 9.15. The summed E-state index contributed by atoms with van der Waals surface area (Å²) >= 11 is 0. The molecule has 192 valence electrons. The highest BCUT2D eigenvalue weighted by Crippen LogP contribution is 2.49. The first-order chi connectivity index (χ1) is 17.7. The minimum Gasteiger partial charge on any atom is -0.508 e. The molecular formula is C30H30O7. The third-order valence-electron chi connectivity index (χ3n) is 6.74. The van der Waals surface area contributed by atoms with Gasteiger partial charge in [-0.15, -0.1) is 0 Å². The van der Waals surface area contributed by atoms with Crippen LogP contribution in [0.5, 0.6) is 17.2 Å². The molecule has 0 aliphatic heterocycles. The zero-order valence-electron chi connectivity index (χ0n) is 21.4. The number of phenols is 1. The first-order valence-corrected chi connectivity index (χ1v) is 11.9. The van der Waals surface area contributed by atoms with Crippen molar-refractivity contribution in [3.63, 3.8) is 0 Å². The van der Waals surface area contributed by atoms with Crippen LogP contribution < -0.4 is 9.47 Å². The molecule has 0 heterocycles. The van der Waals surface area contributed by atoms with E-state index in [4.69, 9.17) is 14.2 Å². The summed E-state index contributed by atoms with van der Waals surface area (Å²) in [6.45, 7) is 7.89. The molecule has 4 rings (SSSR count). The quantitative estimate of drug-likeness (QED) is 0.407. The summed E-state index contributed by atoms with van der Waals surface area (Å²) in [5.74, 6) is -0.173. The third-order valence-corrected chi connectivity index (χ3v) is 6.74. The maximum atomic E-state index is 14.0. The molecule has 2 aromatic rings. The first kappa shape index (κ1) is 26.0. The van der Waals surface area contributed by atoms with Gasteiger partial charge in [0.05, 0.1) is 26.4 Å². The van der Waals surface area contributed by atoms with Crippen LogP contribution >= 0.6 is 0 Å². The van der Waals surface area contributed by atoms with Crippen LogP contribution in [0.25, 0.3) is 11.1 Å². The lowest BCUT2D eigenvalue weighted by molar-refractivity contribution is -0.116. The molecule has 7 nitrogen and oxygen atoms in total. The number of carbonyl (C=O) groups excluding carboxylic acids is 2. The number of carbonyl (C=O) groups is 2. The fourth-order valence-corrected chi connectivity index (χ4v) is 4.81. The topological polar surface area (TPSA) is 102 Å². The zero-order valence-corrected chi connectivity index (χ0v) is 21.4. The van der Waals surface area contributed by atoms with Crippen LogP contribution in [-0.4, -0.2) is 49.2 Å². The maximum absolute atomic E-state index is 14.0. The predicted molar refractivity (Wildman–Crippen MR) is 140 cm³/mol. The van der Waals surface area contributed by atoms with Crippen LogP contribution in [0, 0.1) is 5.92 Å². The molecule has 0 fully saturated rings. The molecule has 0 aromatic heterocycles. The van der Waals surface area contributed by atoms with Crippen molar-refractivity contribution in [1.29, 1.82) is 0 Å². The van der Waals surface area contributed by atoms with E-state index in [0.29, 0.717) is 34.6 Å². The normalized spacial score (nSPS) is 17.4. The van der Waals surface area contributed by atoms with E-state index in [2.05, 4.69) is 6.58 Å². The van der Waals surface area contributed by atoms with Crippen LogP contribution in [0.15, 0.2) is 71.5 Å². The summed E-state index contributed by atoms with van der Waals surface area (Å²) in [7, 11) is 2.91. The summed E-state index contributed by atoms with van der Waals surface area (Å²) in [5.41, 5.74) is 4.11. The fraction of sp³-hybridized carbons (Fsp3) is 0.267. The second-order valence-corrected chi connectivity index (χ2v) is 9.15. The van der Waals surface area contributed by atoms with E-state index in [9.17, 15) is 19.8 Å². The van der Waals surface area contributed by atoms with Gasteiger partial charge >= 0.3 is 0 Å². The second kappa shape index (κ2) is 10.5. The number of aliphatic hydroxyl groups excluding tert-OH is 1. The lowest BCUT2D eigenvalue weighted by Crippen LogP contribution is -2.32.